The van der Waals surface area contributed by atoms with Crippen LogP contribution < -0.4 is 5.32 Å². The number of carbonyl (C=O) groups is 1. The first kappa shape index (κ1) is 18.3. The summed E-state index contributed by atoms with van der Waals surface area (Å²) in [4.78, 5) is 19.7. The van der Waals surface area contributed by atoms with Crippen LogP contribution in [0, 0.1) is 5.92 Å². The standard InChI is InChI=1S/C17H19F3N4O2/c1-10(22-15(25)11-5-3-2-4-6-11)16-23-14(24-26-16)12-7-8-21-13(9-12)17(18,19)20/h7-11H,2-6H2,1H3,(H,22,25). The number of hydrogen-bond acceptors (Lipinski definition) is 5. The second kappa shape index (κ2) is 7.43. The summed E-state index contributed by atoms with van der Waals surface area (Å²) in [6.07, 6.45) is 1.46. The lowest BCUT2D eigenvalue weighted by Crippen LogP contribution is -2.33. The van der Waals surface area contributed by atoms with E-state index in [1.54, 1.807) is 6.92 Å². The maximum atomic E-state index is 12.8. The van der Waals surface area contributed by atoms with Gasteiger partial charge in [0.25, 0.3) is 0 Å². The van der Waals surface area contributed by atoms with Gasteiger partial charge in [0.2, 0.25) is 17.6 Å². The van der Waals surface area contributed by atoms with Crippen molar-refractivity contribution in [3.05, 3.63) is 29.9 Å². The van der Waals surface area contributed by atoms with Crippen LogP contribution in [0.5, 0.6) is 0 Å². The fourth-order valence-corrected chi connectivity index (χ4v) is 3.01. The largest absolute Gasteiger partial charge is 0.433 e. The van der Waals surface area contributed by atoms with Gasteiger partial charge in [0.15, 0.2) is 0 Å². The summed E-state index contributed by atoms with van der Waals surface area (Å²) in [5, 5.41) is 6.56. The van der Waals surface area contributed by atoms with Crippen LogP contribution in [-0.2, 0) is 11.0 Å². The molecule has 0 aliphatic heterocycles. The van der Waals surface area contributed by atoms with E-state index in [1.165, 1.54) is 6.07 Å². The Morgan fingerprint density at radius 3 is 2.73 bits per heavy atom. The molecule has 2 aromatic heterocycles. The number of hydrogen-bond donors (Lipinski definition) is 1. The van der Waals surface area contributed by atoms with E-state index in [1.807, 2.05) is 0 Å². The molecule has 26 heavy (non-hydrogen) atoms. The van der Waals surface area contributed by atoms with Gasteiger partial charge < -0.3 is 9.84 Å². The van der Waals surface area contributed by atoms with Crippen molar-refractivity contribution in [3.8, 4) is 11.4 Å². The van der Waals surface area contributed by atoms with E-state index in [2.05, 4.69) is 20.4 Å². The molecular weight excluding hydrogens is 349 g/mol. The predicted molar refractivity (Wildman–Crippen MR) is 85.7 cm³/mol. The van der Waals surface area contributed by atoms with Crippen molar-refractivity contribution >= 4 is 5.91 Å². The number of nitrogens with one attached hydrogen (secondary N) is 1. The smallest absolute Gasteiger partial charge is 0.344 e. The highest BCUT2D eigenvalue weighted by atomic mass is 19.4. The topological polar surface area (TPSA) is 80.9 Å². The molecule has 1 amide bonds. The zero-order valence-electron chi connectivity index (χ0n) is 14.2. The van der Waals surface area contributed by atoms with Crippen LogP contribution in [0.15, 0.2) is 22.9 Å². The number of aromatic nitrogens is 3. The molecule has 2 aromatic rings. The average molecular weight is 368 g/mol. The molecule has 0 radical (unpaired) electrons. The maximum Gasteiger partial charge on any atom is 0.433 e. The summed E-state index contributed by atoms with van der Waals surface area (Å²) in [5.41, 5.74) is -0.881. The first-order valence-electron chi connectivity index (χ1n) is 8.52. The van der Waals surface area contributed by atoms with Gasteiger partial charge in [0.1, 0.15) is 11.7 Å². The van der Waals surface area contributed by atoms with Crippen LogP contribution in [0.2, 0.25) is 0 Å². The summed E-state index contributed by atoms with van der Waals surface area (Å²) >= 11 is 0. The molecule has 0 aromatic carbocycles. The van der Waals surface area contributed by atoms with Gasteiger partial charge in [-0.1, -0.05) is 24.4 Å². The molecule has 3 rings (SSSR count). The predicted octanol–water partition coefficient (Wildman–Crippen LogP) is 3.91. The maximum absolute atomic E-state index is 12.8. The molecule has 9 heteroatoms. The van der Waals surface area contributed by atoms with E-state index in [0.717, 1.165) is 44.4 Å². The summed E-state index contributed by atoms with van der Waals surface area (Å²) in [6.45, 7) is 1.70. The third-order valence-corrected chi connectivity index (χ3v) is 4.46. The molecule has 0 saturated heterocycles. The fourth-order valence-electron chi connectivity index (χ4n) is 3.01. The Bertz CT molecular complexity index is 769. The van der Waals surface area contributed by atoms with E-state index < -0.39 is 17.9 Å². The number of pyridine rings is 1. The highest BCUT2D eigenvalue weighted by molar-refractivity contribution is 5.79. The minimum absolute atomic E-state index is 0.0110. The Kier molecular flexibility index (Phi) is 5.24. The second-order valence-corrected chi connectivity index (χ2v) is 6.45. The van der Waals surface area contributed by atoms with Crippen molar-refractivity contribution < 1.29 is 22.5 Å². The van der Waals surface area contributed by atoms with E-state index in [0.29, 0.717) is 0 Å². The van der Waals surface area contributed by atoms with Gasteiger partial charge in [0.05, 0.1) is 0 Å². The van der Waals surface area contributed by atoms with Gasteiger partial charge in [-0.15, -0.1) is 0 Å². The van der Waals surface area contributed by atoms with Crippen molar-refractivity contribution in [2.75, 3.05) is 0 Å². The molecule has 1 saturated carbocycles. The van der Waals surface area contributed by atoms with Crippen molar-refractivity contribution in [3.63, 3.8) is 0 Å². The van der Waals surface area contributed by atoms with E-state index in [-0.39, 0.29) is 29.1 Å². The molecule has 140 valence electrons. The van der Waals surface area contributed by atoms with E-state index in [4.69, 9.17) is 4.52 Å². The zero-order valence-corrected chi connectivity index (χ0v) is 14.2. The van der Waals surface area contributed by atoms with Gasteiger partial charge in [-0.25, -0.2) is 0 Å². The Morgan fingerprint density at radius 1 is 1.31 bits per heavy atom. The number of amides is 1. The molecule has 0 bridgehead atoms. The first-order valence-corrected chi connectivity index (χ1v) is 8.52. The van der Waals surface area contributed by atoms with Gasteiger partial charge in [-0.2, -0.15) is 18.2 Å². The molecule has 1 N–H and O–H groups in total. The van der Waals surface area contributed by atoms with E-state index >= 15 is 0 Å². The number of rotatable bonds is 4. The summed E-state index contributed by atoms with van der Waals surface area (Å²) in [6, 6.07) is 1.71. The SMILES string of the molecule is CC(NC(=O)C1CCCCC1)c1nc(-c2ccnc(C(F)(F)F)c2)no1. The van der Waals surface area contributed by atoms with Crippen LogP contribution in [0.25, 0.3) is 11.4 Å². The minimum atomic E-state index is -4.55. The summed E-state index contributed by atoms with van der Waals surface area (Å²) in [5.74, 6) is 0.101. The van der Waals surface area contributed by atoms with Crippen molar-refractivity contribution in [1.29, 1.82) is 0 Å². The average Bonchev–Trinajstić information content (AvgIpc) is 3.12. The first-order chi connectivity index (χ1) is 12.3. The Labute approximate surface area is 148 Å². The molecule has 1 aliphatic rings. The second-order valence-electron chi connectivity index (χ2n) is 6.45. The monoisotopic (exact) mass is 368 g/mol. The highest BCUT2D eigenvalue weighted by Crippen LogP contribution is 2.30. The van der Waals surface area contributed by atoms with Crippen LogP contribution in [0.3, 0.4) is 0 Å². The summed E-state index contributed by atoms with van der Waals surface area (Å²) < 4.78 is 43.4. The molecule has 6 nitrogen and oxygen atoms in total. The molecule has 1 unspecified atom stereocenters. The fraction of sp³-hybridized carbons (Fsp3) is 0.529. The molecule has 1 fully saturated rings. The number of nitrogens with zero attached hydrogens (tertiary/aromatic N) is 3. The molecule has 2 heterocycles. The van der Waals surface area contributed by atoms with Crippen LogP contribution in [0.1, 0.15) is 56.7 Å². The Balaban J connectivity index is 1.70. The van der Waals surface area contributed by atoms with Crippen molar-refractivity contribution in [2.45, 2.75) is 51.2 Å². The molecular formula is C17H19F3N4O2. The van der Waals surface area contributed by atoms with Gasteiger partial charge in [-0.3, -0.25) is 9.78 Å². The van der Waals surface area contributed by atoms with Crippen molar-refractivity contribution in [1.82, 2.24) is 20.4 Å². The van der Waals surface area contributed by atoms with Gasteiger partial charge in [0, 0.05) is 17.7 Å². The van der Waals surface area contributed by atoms with Crippen LogP contribution >= 0.6 is 0 Å². The minimum Gasteiger partial charge on any atom is -0.344 e. The third kappa shape index (κ3) is 4.20. The molecule has 1 atom stereocenters. The lowest BCUT2D eigenvalue weighted by molar-refractivity contribution is -0.141. The summed E-state index contributed by atoms with van der Waals surface area (Å²) in [7, 11) is 0. The van der Waals surface area contributed by atoms with Crippen LogP contribution in [-0.4, -0.2) is 21.0 Å². The lowest BCUT2D eigenvalue weighted by Gasteiger charge is -2.22. The Morgan fingerprint density at radius 2 is 2.04 bits per heavy atom. The lowest BCUT2D eigenvalue weighted by atomic mass is 9.88. The zero-order chi connectivity index (χ0) is 18.7. The van der Waals surface area contributed by atoms with E-state index in [9.17, 15) is 18.0 Å². The third-order valence-electron chi connectivity index (χ3n) is 4.46. The van der Waals surface area contributed by atoms with Gasteiger partial charge >= 0.3 is 6.18 Å². The molecule has 1 aliphatic carbocycles. The highest BCUT2D eigenvalue weighted by Gasteiger charge is 2.33. The molecule has 0 spiro atoms. The number of alkyl halides is 3. The normalized spacial score (nSPS) is 17.1. The number of halogens is 3. The Hall–Kier alpha value is -2.45. The van der Waals surface area contributed by atoms with Crippen molar-refractivity contribution in [2.24, 2.45) is 5.92 Å². The van der Waals surface area contributed by atoms with Gasteiger partial charge in [-0.05, 0) is 31.9 Å². The van der Waals surface area contributed by atoms with Crippen LogP contribution in [0.4, 0.5) is 13.2 Å². The quantitative estimate of drug-likeness (QED) is 0.885. The number of carbonyl (C=O) groups excluding carboxylic acids is 1.